The van der Waals surface area contributed by atoms with Gasteiger partial charge in [-0.3, -0.25) is 0 Å². The third-order valence-electron chi connectivity index (χ3n) is 8.85. The highest BCUT2D eigenvalue weighted by Crippen LogP contribution is 2.41. The molecule has 50 heavy (non-hydrogen) atoms. The molecule has 0 spiro atoms. The predicted octanol–water partition coefficient (Wildman–Crippen LogP) is 11.5. The van der Waals surface area contributed by atoms with E-state index in [0.29, 0.717) is 22.1 Å². The van der Waals surface area contributed by atoms with Gasteiger partial charge in [0.15, 0.2) is 17.5 Å². The Kier molecular flexibility index (Phi) is 4.52. The fraction of sp³-hybridized carbons (Fsp3) is 0. The van der Waals surface area contributed by atoms with Crippen molar-refractivity contribution in [3.05, 3.63) is 170 Å². The Morgan fingerprint density at radius 2 is 1.00 bits per heavy atom. The van der Waals surface area contributed by atoms with E-state index in [1.807, 2.05) is 54.6 Å². The molecule has 0 aliphatic carbocycles. The van der Waals surface area contributed by atoms with E-state index in [2.05, 4.69) is 62.0 Å². The van der Waals surface area contributed by atoms with Crippen LogP contribution in [0.4, 0.5) is 0 Å². The van der Waals surface area contributed by atoms with E-state index in [0.717, 1.165) is 44.0 Å². The minimum Gasteiger partial charge on any atom is -0.455 e. The number of rotatable bonds is 5. The number of fused-ring (bicyclic) bond motifs is 6. The van der Waals surface area contributed by atoms with Gasteiger partial charge in [0.05, 0.1) is 30.3 Å². The quantitative estimate of drug-likeness (QED) is 0.186. The van der Waals surface area contributed by atoms with Crippen molar-refractivity contribution in [2.45, 2.75) is 0 Å². The van der Waals surface area contributed by atoms with Gasteiger partial charge in [0.2, 0.25) is 0 Å². The fourth-order valence-corrected chi connectivity index (χ4v) is 6.66. The van der Waals surface area contributed by atoms with E-state index >= 15 is 0 Å². The Balaban J connectivity index is 1.21. The third kappa shape index (κ3) is 4.52. The van der Waals surface area contributed by atoms with Crippen LogP contribution in [0.3, 0.4) is 0 Å². The Morgan fingerprint density at radius 3 is 1.70 bits per heavy atom. The summed E-state index contributed by atoms with van der Waals surface area (Å²) in [7, 11) is 0. The van der Waals surface area contributed by atoms with Crippen LogP contribution in [0, 0.1) is 0 Å². The Labute approximate surface area is 301 Å². The molecule has 10 rings (SSSR count). The van der Waals surface area contributed by atoms with Crippen LogP contribution in [-0.4, -0.2) is 19.5 Å². The minimum atomic E-state index is -0.618. The van der Waals surface area contributed by atoms with Gasteiger partial charge in [-0.1, -0.05) is 133 Å². The maximum absolute atomic E-state index is 8.70. The smallest absolute Gasteiger partial charge is 0.167 e. The number of benzene rings is 7. The number of nitrogens with zero attached hydrogens (tertiary/aromatic N) is 4. The molecule has 0 saturated carbocycles. The standard InChI is InChI=1S/C45H28N4O/c1-4-14-29(15-5-1)43-46-44(30-16-6-2-7-17-30)48-45(47-43)37-24-13-23-36-35-22-12-21-33(41(35)50-42(36)37)31-26-27-40-38(28-31)34-20-10-11-25-39(34)49(40)32-18-8-3-9-19-32/h1-28H/i1D,2D,4D,5D,6D,7D,14D,15D,16D,17D. The van der Waals surface area contributed by atoms with Crippen LogP contribution in [-0.2, 0) is 0 Å². The van der Waals surface area contributed by atoms with Gasteiger partial charge >= 0.3 is 0 Å². The number of hydrogen-bond donors (Lipinski definition) is 0. The Bertz CT molecular complexity index is 3310. The molecular weight excluding hydrogens is 613 g/mol. The molecule has 0 aliphatic heterocycles. The van der Waals surface area contributed by atoms with E-state index < -0.39 is 60.4 Å². The molecule has 5 nitrogen and oxygen atoms in total. The first kappa shape index (κ1) is 19.8. The largest absolute Gasteiger partial charge is 0.455 e. The molecule has 3 aromatic heterocycles. The molecule has 7 aromatic carbocycles. The molecule has 5 heteroatoms. The van der Waals surface area contributed by atoms with Gasteiger partial charge in [0.25, 0.3) is 0 Å². The topological polar surface area (TPSA) is 56.7 Å². The summed E-state index contributed by atoms with van der Waals surface area (Å²) in [6, 6.07) is 30.0. The van der Waals surface area contributed by atoms with E-state index in [-0.39, 0.29) is 28.6 Å². The molecule has 0 amide bonds. The van der Waals surface area contributed by atoms with Crippen molar-refractivity contribution in [2.24, 2.45) is 0 Å². The van der Waals surface area contributed by atoms with Crippen LogP contribution < -0.4 is 0 Å². The maximum Gasteiger partial charge on any atom is 0.167 e. The Hall–Kier alpha value is -6.85. The molecule has 0 N–H and O–H groups in total. The lowest BCUT2D eigenvalue weighted by Gasteiger charge is -2.08. The van der Waals surface area contributed by atoms with Crippen molar-refractivity contribution >= 4 is 43.7 Å². The molecule has 0 bridgehead atoms. The molecule has 0 fully saturated rings. The van der Waals surface area contributed by atoms with Crippen LogP contribution in [0.2, 0.25) is 0 Å². The summed E-state index contributed by atoms with van der Waals surface area (Å²) in [4.78, 5) is 13.7. The first-order valence-corrected chi connectivity index (χ1v) is 15.9. The van der Waals surface area contributed by atoms with Gasteiger partial charge in [-0.2, -0.15) is 0 Å². The molecule has 0 atom stereocenters. The SMILES string of the molecule is [2H]c1c([2H])c([2H])c(-c2nc(-c3c([2H])c([2H])c([2H])c([2H])c3[2H])nc(-c3cccc4c3oc3c(-c5ccc6c(c5)c5ccccc5n6-c5ccccc5)cccc34)n2)c([2H])c1[2H]. The van der Waals surface area contributed by atoms with Gasteiger partial charge in [0.1, 0.15) is 11.2 Å². The first-order chi connectivity index (χ1) is 28.9. The van der Waals surface area contributed by atoms with E-state index in [9.17, 15) is 0 Å². The van der Waals surface area contributed by atoms with Crippen LogP contribution in [0.1, 0.15) is 13.7 Å². The van der Waals surface area contributed by atoms with Crippen molar-refractivity contribution in [1.29, 1.82) is 0 Å². The number of hydrogen-bond acceptors (Lipinski definition) is 4. The lowest BCUT2D eigenvalue weighted by atomic mass is 10.00. The monoisotopic (exact) mass is 650 g/mol. The van der Waals surface area contributed by atoms with Gasteiger partial charge < -0.3 is 8.98 Å². The van der Waals surface area contributed by atoms with Gasteiger partial charge in [-0.15, -0.1) is 0 Å². The highest BCUT2D eigenvalue weighted by atomic mass is 16.3. The van der Waals surface area contributed by atoms with Crippen LogP contribution in [0.15, 0.2) is 174 Å². The molecular formula is C45H28N4O. The lowest BCUT2D eigenvalue weighted by Crippen LogP contribution is -2.00. The highest BCUT2D eigenvalue weighted by Gasteiger charge is 2.20. The van der Waals surface area contributed by atoms with Crippen molar-refractivity contribution in [3.63, 3.8) is 0 Å². The van der Waals surface area contributed by atoms with Gasteiger partial charge in [-0.05, 0) is 42.0 Å². The molecule has 0 saturated heterocycles. The maximum atomic E-state index is 8.70. The van der Waals surface area contributed by atoms with E-state index in [4.69, 9.17) is 18.1 Å². The number of furan rings is 1. The van der Waals surface area contributed by atoms with Crippen LogP contribution in [0.25, 0.3) is 94.7 Å². The summed E-state index contributed by atoms with van der Waals surface area (Å²) in [6.07, 6.45) is 0. The molecule has 10 aromatic rings. The zero-order valence-electron chi connectivity index (χ0n) is 36.1. The lowest BCUT2D eigenvalue weighted by molar-refractivity contribution is 0.670. The average Bonchev–Trinajstić information content (AvgIpc) is 3.82. The second-order valence-electron chi connectivity index (χ2n) is 11.7. The normalized spacial score (nSPS) is 14.4. The summed E-state index contributed by atoms with van der Waals surface area (Å²) in [5.74, 6) is -0.777. The van der Waals surface area contributed by atoms with Crippen LogP contribution >= 0.6 is 0 Å². The number of para-hydroxylation sites is 4. The summed E-state index contributed by atoms with van der Waals surface area (Å²) >= 11 is 0. The summed E-state index contributed by atoms with van der Waals surface area (Å²) in [5.41, 5.74) is 5.49. The van der Waals surface area contributed by atoms with Crippen molar-refractivity contribution in [1.82, 2.24) is 19.5 Å². The van der Waals surface area contributed by atoms with Crippen molar-refractivity contribution < 1.29 is 18.1 Å². The number of aromatic nitrogens is 4. The van der Waals surface area contributed by atoms with Gasteiger partial charge in [0, 0.05) is 43.9 Å². The highest BCUT2D eigenvalue weighted by molar-refractivity contribution is 6.14. The van der Waals surface area contributed by atoms with Crippen molar-refractivity contribution in [3.8, 4) is 51.0 Å². The molecule has 234 valence electrons. The zero-order valence-corrected chi connectivity index (χ0v) is 26.1. The van der Waals surface area contributed by atoms with Gasteiger partial charge in [-0.25, -0.2) is 15.0 Å². The summed E-state index contributed by atoms with van der Waals surface area (Å²) in [6.45, 7) is 0. The second-order valence-corrected chi connectivity index (χ2v) is 11.7. The second kappa shape index (κ2) is 11.4. The molecule has 0 aliphatic rings. The predicted molar refractivity (Wildman–Crippen MR) is 203 cm³/mol. The fourth-order valence-electron chi connectivity index (χ4n) is 6.66. The van der Waals surface area contributed by atoms with E-state index in [1.54, 1.807) is 12.1 Å². The third-order valence-corrected chi connectivity index (χ3v) is 8.85. The first-order valence-electron chi connectivity index (χ1n) is 20.9. The molecule has 3 heterocycles. The summed E-state index contributed by atoms with van der Waals surface area (Å²) < 4.78 is 93.4. The molecule has 0 radical (unpaired) electrons. The van der Waals surface area contributed by atoms with E-state index in [1.165, 1.54) is 0 Å². The average molecular weight is 651 g/mol. The minimum absolute atomic E-state index is 0.0741. The Morgan fingerprint density at radius 1 is 0.440 bits per heavy atom. The zero-order chi connectivity index (χ0) is 41.7. The molecule has 0 unspecified atom stereocenters. The summed E-state index contributed by atoms with van der Waals surface area (Å²) in [5, 5.41) is 3.66. The van der Waals surface area contributed by atoms with Crippen LogP contribution in [0.5, 0.6) is 0 Å². The van der Waals surface area contributed by atoms with Crippen molar-refractivity contribution in [2.75, 3.05) is 0 Å².